The Balaban J connectivity index is 2.08. The number of rotatable bonds is 6. The second kappa shape index (κ2) is 6.95. The quantitative estimate of drug-likeness (QED) is 0.806. The highest BCUT2D eigenvalue weighted by Gasteiger charge is 2.03. The Morgan fingerprint density at radius 1 is 1.26 bits per heavy atom. The molecule has 0 atom stereocenters. The van der Waals surface area contributed by atoms with Gasteiger partial charge in [-0.3, -0.25) is 4.98 Å². The molecule has 0 radical (unpaired) electrons. The van der Waals surface area contributed by atoms with Crippen LogP contribution in [-0.2, 0) is 13.0 Å². The first-order chi connectivity index (χ1) is 9.28. The fourth-order valence-corrected chi connectivity index (χ4v) is 1.95. The number of nitrogens with zero attached hydrogens (tertiary/aromatic N) is 3. The highest BCUT2D eigenvalue weighted by atomic mass is 14.9. The van der Waals surface area contributed by atoms with E-state index in [4.69, 9.17) is 0 Å². The van der Waals surface area contributed by atoms with Crippen LogP contribution in [0.4, 0.5) is 0 Å². The van der Waals surface area contributed by atoms with Crippen LogP contribution < -0.4 is 5.32 Å². The molecule has 0 bridgehead atoms. The molecule has 0 amide bonds. The van der Waals surface area contributed by atoms with Crippen molar-refractivity contribution < 1.29 is 0 Å². The Morgan fingerprint density at radius 2 is 2.16 bits per heavy atom. The van der Waals surface area contributed by atoms with E-state index >= 15 is 0 Å². The smallest absolute Gasteiger partial charge is 0.133 e. The number of hydrogen-bond acceptors (Lipinski definition) is 4. The molecule has 2 heterocycles. The predicted molar refractivity (Wildman–Crippen MR) is 75.8 cm³/mol. The number of hydrogen-bond donors (Lipinski definition) is 1. The molecule has 0 spiro atoms. The van der Waals surface area contributed by atoms with Crippen LogP contribution in [0.3, 0.4) is 0 Å². The molecule has 2 rings (SSSR count). The van der Waals surface area contributed by atoms with Crippen molar-refractivity contribution in [2.24, 2.45) is 0 Å². The van der Waals surface area contributed by atoms with Gasteiger partial charge in [-0.05, 0) is 37.6 Å². The maximum absolute atomic E-state index is 4.60. The van der Waals surface area contributed by atoms with Crippen molar-refractivity contribution in [2.45, 2.75) is 33.2 Å². The molecule has 100 valence electrons. The van der Waals surface area contributed by atoms with E-state index in [-0.39, 0.29) is 0 Å². The lowest BCUT2D eigenvalue weighted by molar-refractivity contribution is 0.658. The van der Waals surface area contributed by atoms with Crippen molar-refractivity contribution in [1.82, 2.24) is 20.3 Å². The first-order valence-electron chi connectivity index (χ1n) is 6.71. The Labute approximate surface area is 114 Å². The second-order valence-corrected chi connectivity index (χ2v) is 4.63. The average Bonchev–Trinajstić information content (AvgIpc) is 2.39. The zero-order valence-electron chi connectivity index (χ0n) is 11.6. The van der Waals surface area contributed by atoms with Gasteiger partial charge in [-0.15, -0.1) is 0 Å². The monoisotopic (exact) mass is 256 g/mol. The van der Waals surface area contributed by atoms with Gasteiger partial charge in [-0.2, -0.15) is 0 Å². The van der Waals surface area contributed by atoms with Crippen LogP contribution in [-0.4, -0.2) is 21.5 Å². The first-order valence-corrected chi connectivity index (χ1v) is 6.71. The summed E-state index contributed by atoms with van der Waals surface area (Å²) >= 11 is 0. The van der Waals surface area contributed by atoms with Crippen molar-refractivity contribution in [3.63, 3.8) is 0 Å². The standard InChI is InChI=1S/C15H20N4/c1-3-6-16-11-14-8-12(2)18-15(19-14)9-13-5-4-7-17-10-13/h4-5,7-8,10,16H,3,6,9,11H2,1-2H3. The van der Waals surface area contributed by atoms with Crippen LogP contribution in [0.1, 0.15) is 36.1 Å². The minimum Gasteiger partial charge on any atom is -0.311 e. The molecule has 2 aromatic rings. The van der Waals surface area contributed by atoms with Gasteiger partial charge >= 0.3 is 0 Å². The fourth-order valence-electron chi connectivity index (χ4n) is 1.95. The van der Waals surface area contributed by atoms with Crippen LogP contribution in [0.25, 0.3) is 0 Å². The molecule has 0 saturated carbocycles. The minimum absolute atomic E-state index is 0.732. The summed E-state index contributed by atoms with van der Waals surface area (Å²) < 4.78 is 0. The van der Waals surface area contributed by atoms with Gasteiger partial charge in [0, 0.05) is 31.1 Å². The van der Waals surface area contributed by atoms with Crippen molar-refractivity contribution in [1.29, 1.82) is 0 Å². The number of aryl methyl sites for hydroxylation is 1. The third-order valence-electron chi connectivity index (χ3n) is 2.77. The maximum atomic E-state index is 4.60. The molecule has 0 aliphatic rings. The van der Waals surface area contributed by atoms with Gasteiger partial charge in [0.15, 0.2) is 0 Å². The predicted octanol–water partition coefficient (Wildman–Crippen LogP) is 2.27. The summed E-state index contributed by atoms with van der Waals surface area (Å²) in [6.45, 7) is 5.99. The lowest BCUT2D eigenvalue weighted by atomic mass is 10.2. The van der Waals surface area contributed by atoms with Gasteiger partial charge in [0.1, 0.15) is 5.82 Å². The van der Waals surface area contributed by atoms with Crippen LogP contribution in [0.15, 0.2) is 30.6 Å². The van der Waals surface area contributed by atoms with E-state index in [9.17, 15) is 0 Å². The first kappa shape index (κ1) is 13.6. The molecule has 2 aromatic heterocycles. The number of pyridine rings is 1. The molecular formula is C15H20N4. The van der Waals surface area contributed by atoms with Crippen molar-refractivity contribution in [3.05, 3.63) is 53.4 Å². The largest absolute Gasteiger partial charge is 0.311 e. The van der Waals surface area contributed by atoms with Gasteiger partial charge in [0.25, 0.3) is 0 Å². The number of nitrogens with one attached hydrogen (secondary N) is 1. The molecule has 0 aliphatic heterocycles. The lowest BCUT2D eigenvalue weighted by Crippen LogP contribution is -2.16. The fraction of sp³-hybridized carbons (Fsp3) is 0.400. The Bertz CT molecular complexity index is 511. The summed E-state index contributed by atoms with van der Waals surface area (Å²) in [6, 6.07) is 6.03. The van der Waals surface area contributed by atoms with Crippen molar-refractivity contribution in [2.75, 3.05) is 6.54 Å². The molecule has 0 saturated heterocycles. The van der Waals surface area contributed by atoms with E-state index in [0.717, 1.165) is 48.7 Å². The van der Waals surface area contributed by atoms with Crippen molar-refractivity contribution in [3.8, 4) is 0 Å². The Morgan fingerprint density at radius 3 is 2.89 bits per heavy atom. The second-order valence-electron chi connectivity index (χ2n) is 4.63. The highest BCUT2D eigenvalue weighted by Crippen LogP contribution is 2.06. The van der Waals surface area contributed by atoms with Crippen LogP contribution in [0, 0.1) is 6.92 Å². The highest BCUT2D eigenvalue weighted by molar-refractivity contribution is 5.17. The van der Waals surface area contributed by atoms with Gasteiger partial charge in [0.2, 0.25) is 0 Å². The van der Waals surface area contributed by atoms with Crippen LogP contribution in [0.5, 0.6) is 0 Å². The van der Waals surface area contributed by atoms with E-state index in [1.165, 1.54) is 0 Å². The SMILES string of the molecule is CCCNCc1cc(C)nc(Cc2cccnc2)n1. The normalized spacial score (nSPS) is 10.6. The van der Waals surface area contributed by atoms with Crippen molar-refractivity contribution >= 4 is 0 Å². The van der Waals surface area contributed by atoms with Gasteiger partial charge < -0.3 is 5.32 Å². The zero-order valence-corrected chi connectivity index (χ0v) is 11.6. The van der Waals surface area contributed by atoms with E-state index in [1.807, 2.05) is 31.3 Å². The van der Waals surface area contributed by atoms with Gasteiger partial charge in [0.05, 0.1) is 5.69 Å². The third kappa shape index (κ3) is 4.41. The zero-order chi connectivity index (χ0) is 13.5. The average molecular weight is 256 g/mol. The molecular weight excluding hydrogens is 236 g/mol. The van der Waals surface area contributed by atoms with Gasteiger partial charge in [-0.1, -0.05) is 13.0 Å². The summed E-state index contributed by atoms with van der Waals surface area (Å²) in [5.41, 5.74) is 3.21. The van der Waals surface area contributed by atoms with Gasteiger partial charge in [-0.25, -0.2) is 9.97 Å². The van der Waals surface area contributed by atoms with E-state index in [2.05, 4.69) is 27.2 Å². The maximum Gasteiger partial charge on any atom is 0.133 e. The minimum atomic E-state index is 0.732. The summed E-state index contributed by atoms with van der Waals surface area (Å²) in [5.74, 6) is 0.862. The molecule has 0 aliphatic carbocycles. The molecule has 0 fully saturated rings. The summed E-state index contributed by atoms with van der Waals surface area (Å²) in [7, 11) is 0. The molecule has 4 heteroatoms. The molecule has 4 nitrogen and oxygen atoms in total. The van der Waals surface area contributed by atoms with E-state index in [0.29, 0.717) is 0 Å². The Hall–Kier alpha value is -1.81. The number of aromatic nitrogens is 3. The molecule has 0 unspecified atom stereocenters. The topological polar surface area (TPSA) is 50.7 Å². The molecule has 0 aromatic carbocycles. The Kier molecular flexibility index (Phi) is 4.98. The molecule has 19 heavy (non-hydrogen) atoms. The van der Waals surface area contributed by atoms with E-state index < -0.39 is 0 Å². The molecule has 1 N–H and O–H groups in total. The van der Waals surface area contributed by atoms with Crippen LogP contribution in [0.2, 0.25) is 0 Å². The lowest BCUT2D eigenvalue weighted by Gasteiger charge is -2.07. The summed E-state index contributed by atoms with van der Waals surface area (Å²) in [6.07, 6.45) is 5.50. The summed E-state index contributed by atoms with van der Waals surface area (Å²) in [4.78, 5) is 13.2. The third-order valence-corrected chi connectivity index (χ3v) is 2.77. The summed E-state index contributed by atoms with van der Waals surface area (Å²) in [5, 5.41) is 3.37. The van der Waals surface area contributed by atoms with E-state index in [1.54, 1.807) is 6.20 Å². The van der Waals surface area contributed by atoms with Crippen LogP contribution >= 0.6 is 0 Å².